The molecule has 0 radical (unpaired) electrons. The molecule has 3 N–H and O–H groups in total. The van der Waals surface area contributed by atoms with Crippen LogP contribution in [0.4, 0.5) is 0 Å². The van der Waals surface area contributed by atoms with E-state index in [0.717, 1.165) is 32.5 Å². The first-order valence-corrected chi connectivity index (χ1v) is 6.47. The minimum atomic E-state index is 0.292. The minimum absolute atomic E-state index is 0.292. The van der Waals surface area contributed by atoms with Gasteiger partial charge < -0.3 is 20.5 Å². The van der Waals surface area contributed by atoms with Crippen molar-refractivity contribution < 1.29 is 9.47 Å². The molecular weight excluding hydrogens is 204 g/mol. The van der Waals surface area contributed by atoms with E-state index in [-0.39, 0.29) is 0 Å². The molecule has 2 saturated heterocycles. The summed E-state index contributed by atoms with van der Waals surface area (Å²) in [5.41, 5.74) is 5.58. The van der Waals surface area contributed by atoms with Gasteiger partial charge in [-0.05, 0) is 32.1 Å². The third-order valence-electron chi connectivity index (χ3n) is 3.77. The summed E-state index contributed by atoms with van der Waals surface area (Å²) in [6.45, 7) is 5.75. The highest BCUT2D eigenvalue weighted by Crippen LogP contribution is 2.20. The fourth-order valence-electron chi connectivity index (χ4n) is 2.58. The molecule has 16 heavy (non-hydrogen) atoms. The van der Waals surface area contributed by atoms with Crippen LogP contribution in [0, 0.1) is 5.92 Å². The minimum Gasteiger partial charge on any atom is -0.378 e. The van der Waals surface area contributed by atoms with E-state index in [2.05, 4.69) is 12.2 Å². The topological polar surface area (TPSA) is 56.5 Å². The first-order chi connectivity index (χ1) is 7.79. The molecule has 4 nitrogen and oxygen atoms in total. The fraction of sp³-hybridized carbons (Fsp3) is 1.00. The molecular formula is C12H24N2O2. The molecule has 0 aromatic rings. The first kappa shape index (κ1) is 12.3. The maximum absolute atomic E-state index is 5.78. The molecule has 0 aromatic carbocycles. The Morgan fingerprint density at radius 2 is 2.00 bits per heavy atom. The summed E-state index contributed by atoms with van der Waals surface area (Å²) in [6.07, 6.45) is 4.52. The molecule has 2 aliphatic heterocycles. The first-order valence-electron chi connectivity index (χ1n) is 6.47. The van der Waals surface area contributed by atoms with Gasteiger partial charge in [0, 0.05) is 26.2 Å². The summed E-state index contributed by atoms with van der Waals surface area (Å²) in [4.78, 5) is 0. The van der Waals surface area contributed by atoms with Crippen LogP contribution in [0.5, 0.6) is 0 Å². The van der Waals surface area contributed by atoms with Crippen LogP contribution in [0.15, 0.2) is 0 Å². The van der Waals surface area contributed by atoms with Gasteiger partial charge in [-0.2, -0.15) is 0 Å². The zero-order valence-electron chi connectivity index (χ0n) is 10.2. The van der Waals surface area contributed by atoms with Crippen molar-refractivity contribution in [3.8, 4) is 0 Å². The SMILES string of the molecule is CC1OCCC1CNCC1CCC(CN)O1. The van der Waals surface area contributed by atoms with Gasteiger partial charge in [0.25, 0.3) is 0 Å². The van der Waals surface area contributed by atoms with Crippen LogP contribution in [0.2, 0.25) is 0 Å². The molecule has 0 spiro atoms. The molecule has 94 valence electrons. The van der Waals surface area contributed by atoms with Gasteiger partial charge in [-0.15, -0.1) is 0 Å². The second-order valence-electron chi connectivity index (χ2n) is 4.98. The Morgan fingerprint density at radius 3 is 2.62 bits per heavy atom. The number of nitrogens with one attached hydrogen (secondary N) is 1. The summed E-state index contributed by atoms with van der Waals surface area (Å²) in [5.74, 6) is 0.673. The van der Waals surface area contributed by atoms with E-state index >= 15 is 0 Å². The average Bonchev–Trinajstić information content (AvgIpc) is 2.89. The van der Waals surface area contributed by atoms with Crippen molar-refractivity contribution >= 4 is 0 Å². The second-order valence-corrected chi connectivity index (χ2v) is 4.98. The molecule has 0 aromatic heterocycles. The smallest absolute Gasteiger partial charge is 0.0704 e. The van der Waals surface area contributed by atoms with Crippen molar-refractivity contribution in [3.63, 3.8) is 0 Å². The largest absolute Gasteiger partial charge is 0.378 e. The van der Waals surface area contributed by atoms with Gasteiger partial charge in [-0.3, -0.25) is 0 Å². The normalized spacial score (nSPS) is 39.4. The van der Waals surface area contributed by atoms with Gasteiger partial charge in [0.1, 0.15) is 0 Å². The lowest BCUT2D eigenvalue weighted by Gasteiger charge is -2.17. The number of ether oxygens (including phenoxy) is 2. The fourth-order valence-corrected chi connectivity index (χ4v) is 2.58. The van der Waals surface area contributed by atoms with E-state index in [1.807, 2.05) is 0 Å². The van der Waals surface area contributed by atoms with E-state index in [1.54, 1.807) is 0 Å². The van der Waals surface area contributed by atoms with E-state index in [0.29, 0.717) is 30.8 Å². The summed E-state index contributed by atoms with van der Waals surface area (Å²) < 4.78 is 11.3. The predicted octanol–water partition coefficient (Wildman–Crippen LogP) is 0.507. The van der Waals surface area contributed by atoms with Crippen molar-refractivity contribution in [3.05, 3.63) is 0 Å². The Balaban J connectivity index is 1.58. The molecule has 2 fully saturated rings. The zero-order valence-corrected chi connectivity index (χ0v) is 10.2. The van der Waals surface area contributed by atoms with Crippen molar-refractivity contribution in [2.45, 2.75) is 44.5 Å². The van der Waals surface area contributed by atoms with Crippen LogP contribution in [0.1, 0.15) is 26.2 Å². The average molecular weight is 228 g/mol. The van der Waals surface area contributed by atoms with E-state index in [9.17, 15) is 0 Å². The number of hydrogen-bond acceptors (Lipinski definition) is 4. The monoisotopic (exact) mass is 228 g/mol. The van der Waals surface area contributed by atoms with Crippen molar-refractivity contribution in [2.75, 3.05) is 26.2 Å². The van der Waals surface area contributed by atoms with Crippen LogP contribution in [0.3, 0.4) is 0 Å². The summed E-state index contributed by atoms with van der Waals surface area (Å²) in [7, 11) is 0. The zero-order chi connectivity index (χ0) is 11.4. The highest BCUT2D eigenvalue weighted by atomic mass is 16.5. The van der Waals surface area contributed by atoms with Crippen molar-refractivity contribution in [2.24, 2.45) is 11.7 Å². The molecule has 0 saturated carbocycles. The Bertz CT molecular complexity index is 213. The maximum Gasteiger partial charge on any atom is 0.0704 e. The lowest BCUT2D eigenvalue weighted by Crippen LogP contribution is -2.33. The van der Waals surface area contributed by atoms with Gasteiger partial charge in [-0.25, -0.2) is 0 Å². The molecule has 2 rings (SSSR count). The lowest BCUT2D eigenvalue weighted by atomic mass is 10.0. The molecule has 4 heteroatoms. The standard InChI is InChI=1S/C12H24N2O2/c1-9-10(4-5-15-9)7-14-8-12-3-2-11(6-13)16-12/h9-12,14H,2-8,13H2,1H3. The molecule has 4 unspecified atom stereocenters. The van der Waals surface area contributed by atoms with Crippen LogP contribution in [-0.4, -0.2) is 44.6 Å². The number of hydrogen-bond donors (Lipinski definition) is 2. The Kier molecular flexibility index (Phi) is 4.58. The highest BCUT2D eigenvalue weighted by molar-refractivity contribution is 4.78. The van der Waals surface area contributed by atoms with Gasteiger partial charge in [0.2, 0.25) is 0 Å². The molecule has 0 bridgehead atoms. The van der Waals surface area contributed by atoms with E-state index < -0.39 is 0 Å². The van der Waals surface area contributed by atoms with Gasteiger partial charge >= 0.3 is 0 Å². The van der Waals surface area contributed by atoms with E-state index in [4.69, 9.17) is 15.2 Å². The molecule has 0 amide bonds. The maximum atomic E-state index is 5.78. The molecule has 4 atom stereocenters. The van der Waals surface area contributed by atoms with Crippen LogP contribution in [-0.2, 0) is 9.47 Å². The van der Waals surface area contributed by atoms with Gasteiger partial charge in [0.05, 0.1) is 18.3 Å². The molecule has 2 heterocycles. The van der Waals surface area contributed by atoms with Crippen molar-refractivity contribution in [1.29, 1.82) is 0 Å². The third kappa shape index (κ3) is 3.17. The summed E-state index contributed by atoms with van der Waals surface area (Å²) in [5, 5.41) is 3.50. The quantitative estimate of drug-likeness (QED) is 0.720. The Hall–Kier alpha value is -0.160. The van der Waals surface area contributed by atoms with Crippen LogP contribution < -0.4 is 11.1 Å². The highest BCUT2D eigenvalue weighted by Gasteiger charge is 2.26. The predicted molar refractivity (Wildman–Crippen MR) is 63.3 cm³/mol. The van der Waals surface area contributed by atoms with Gasteiger partial charge in [0.15, 0.2) is 0 Å². The second kappa shape index (κ2) is 5.96. The summed E-state index contributed by atoms with van der Waals surface area (Å²) >= 11 is 0. The lowest BCUT2D eigenvalue weighted by molar-refractivity contribution is 0.0489. The number of nitrogens with two attached hydrogens (primary N) is 1. The Labute approximate surface area is 97.9 Å². The molecule has 2 aliphatic rings. The van der Waals surface area contributed by atoms with Crippen LogP contribution >= 0.6 is 0 Å². The van der Waals surface area contributed by atoms with Crippen molar-refractivity contribution in [1.82, 2.24) is 5.32 Å². The molecule has 0 aliphatic carbocycles. The van der Waals surface area contributed by atoms with E-state index in [1.165, 1.54) is 6.42 Å². The Morgan fingerprint density at radius 1 is 1.19 bits per heavy atom. The summed E-state index contributed by atoms with van der Waals surface area (Å²) in [6, 6.07) is 0. The number of rotatable bonds is 5. The third-order valence-corrected chi connectivity index (χ3v) is 3.77. The van der Waals surface area contributed by atoms with Gasteiger partial charge in [-0.1, -0.05) is 0 Å². The van der Waals surface area contributed by atoms with Crippen LogP contribution in [0.25, 0.3) is 0 Å².